The maximum Gasteiger partial charge on any atom is 0.255 e. The molecule has 4 rings (SSSR count). The summed E-state index contributed by atoms with van der Waals surface area (Å²) in [5.74, 6) is -7.79. The Morgan fingerprint density at radius 1 is 1.12 bits per heavy atom. The Morgan fingerprint density at radius 3 is 2.26 bits per heavy atom. The highest BCUT2D eigenvalue weighted by atomic mass is 16.3. The SMILES string of the molecule is CN(C)c1cc(NC(=O)CNC(C)(C)C)c(O)c2c1C[C@H]1CC3C(N(C)C)C(=O)C(C(N)=O)=C(O)C3(O)C(=O)C1=C2O. The predicted octanol–water partition coefficient (Wildman–Crippen LogP) is 0.357. The van der Waals surface area contributed by atoms with Crippen LogP contribution in [0.3, 0.4) is 0 Å². The molecule has 3 unspecified atom stereocenters. The lowest BCUT2D eigenvalue weighted by atomic mass is 9.57. The van der Waals surface area contributed by atoms with Gasteiger partial charge in [0.05, 0.1) is 23.8 Å². The second-order valence-corrected chi connectivity index (χ2v) is 12.7. The van der Waals surface area contributed by atoms with Crippen molar-refractivity contribution in [1.29, 1.82) is 0 Å². The Morgan fingerprint density at radius 2 is 1.74 bits per heavy atom. The lowest BCUT2D eigenvalue weighted by Crippen LogP contribution is -2.65. The summed E-state index contributed by atoms with van der Waals surface area (Å²) in [6.45, 7) is 5.62. The minimum Gasteiger partial charge on any atom is -0.508 e. The normalized spacial score (nSPS) is 25.7. The third kappa shape index (κ3) is 4.80. The van der Waals surface area contributed by atoms with E-state index in [0.717, 1.165) is 0 Å². The van der Waals surface area contributed by atoms with Crippen molar-refractivity contribution in [2.45, 2.75) is 50.8 Å². The van der Waals surface area contributed by atoms with E-state index in [1.54, 1.807) is 39.2 Å². The van der Waals surface area contributed by atoms with Crippen molar-refractivity contribution in [2.24, 2.45) is 17.6 Å². The Balaban J connectivity index is 1.89. The Labute approximate surface area is 243 Å². The van der Waals surface area contributed by atoms with Crippen molar-refractivity contribution in [3.05, 3.63) is 34.1 Å². The molecule has 42 heavy (non-hydrogen) atoms. The standard InChI is InChI=1S/C29H39N5O8/c1-28(2,3)31-11-17(35)32-15-10-16(33(4)5)13-8-12-9-14-21(34(6)7)24(38)20(27(30)41)26(40)29(14,42)25(39)18(12)23(37)19(13)22(15)36/h10,12,14,21,31,36-37,40,42H,8-9,11H2,1-7H3,(H2,30,41)(H,32,35)/t12-,14?,21?,29?/m0/s1. The van der Waals surface area contributed by atoms with Crippen molar-refractivity contribution in [3.8, 4) is 5.75 Å². The highest BCUT2D eigenvalue weighted by molar-refractivity contribution is 6.24. The molecule has 0 radical (unpaired) electrons. The van der Waals surface area contributed by atoms with E-state index >= 15 is 0 Å². The second-order valence-electron chi connectivity index (χ2n) is 12.7. The predicted molar refractivity (Wildman–Crippen MR) is 155 cm³/mol. The third-order valence-corrected chi connectivity index (χ3v) is 8.23. The summed E-state index contributed by atoms with van der Waals surface area (Å²) in [5, 5.41) is 51.3. The van der Waals surface area contributed by atoms with Crippen molar-refractivity contribution >= 4 is 40.5 Å². The number of rotatable bonds is 6. The Hall–Kier alpha value is -3.94. The van der Waals surface area contributed by atoms with Gasteiger partial charge in [-0.15, -0.1) is 0 Å². The average molecular weight is 586 g/mol. The number of amides is 2. The van der Waals surface area contributed by atoms with Gasteiger partial charge in [-0.3, -0.25) is 24.1 Å². The molecule has 4 atom stereocenters. The van der Waals surface area contributed by atoms with Crippen LogP contribution >= 0.6 is 0 Å². The number of hydrogen-bond donors (Lipinski definition) is 7. The molecule has 1 aromatic rings. The molecule has 0 saturated heterocycles. The largest absolute Gasteiger partial charge is 0.508 e. The molecule has 3 aliphatic rings. The van der Waals surface area contributed by atoms with Crippen molar-refractivity contribution < 1.29 is 39.6 Å². The van der Waals surface area contributed by atoms with Crippen LogP contribution in [0, 0.1) is 11.8 Å². The summed E-state index contributed by atoms with van der Waals surface area (Å²) in [7, 11) is 6.58. The summed E-state index contributed by atoms with van der Waals surface area (Å²) in [4.78, 5) is 55.3. The number of phenols is 1. The number of primary amides is 1. The van der Waals surface area contributed by atoms with Gasteiger partial charge in [-0.05, 0) is 65.3 Å². The number of aliphatic hydroxyl groups excluding tert-OH is 2. The maximum atomic E-state index is 14.0. The maximum absolute atomic E-state index is 14.0. The van der Waals surface area contributed by atoms with E-state index in [0.29, 0.717) is 11.3 Å². The summed E-state index contributed by atoms with van der Waals surface area (Å²) in [6, 6.07) is 0.409. The zero-order valence-corrected chi connectivity index (χ0v) is 24.8. The number of nitrogens with zero attached hydrogens (tertiary/aromatic N) is 2. The van der Waals surface area contributed by atoms with Crippen LogP contribution < -0.4 is 21.3 Å². The number of carbonyl (C=O) groups excluding carboxylic acids is 4. The van der Waals surface area contributed by atoms with E-state index < -0.39 is 69.7 Å². The molecule has 13 nitrogen and oxygen atoms in total. The van der Waals surface area contributed by atoms with Crippen molar-refractivity contribution in [2.75, 3.05) is 45.0 Å². The molecule has 3 aliphatic carbocycles. The fraction of sp³-hybridized carbons (Fsp3) is 0.517. The second kappa shape index (κ2) is 10.4. The monoisotopic (exact) mass is 585 g/mol. The average Bonchev–Trinajstić information content (AvgIpc) is 2.85. The number of nitrogens with two attached hydrogens (primary N) is 1. The van der Waals surface area contributed by atoms with Gasteiger partial charge in [0.1, 0.15) is 22.8 Å². The Bertz CT molecular complexity index is 1450. The van der Waals surface area contributed by atoms with Gasteiger partial charge >= 0.3 is 0 Å². The summed E-state index contributed by atoms with van der Waals surface area (Å²) in [6.07, 6.45) is 0.117. The van der Waals surface area contributed by atoms with Crippen LogP contribution in [0.5, 0.6) is 5.75 Å². The molecule has 13 heteroatoms. The molecular weight excluding hydrogens is 546 g/mol. The lowest BCUT2D eigenvalue weighted by Gasteiger charge is -2.50. The van der Waals surface area contributed by atoms with Gasteiger partial charge in [0.2, 0.25) is 11.7 Å². The summed E-state index contributed by atoms with van der Waals surface area (Å²) >= 11 is 0. The number of benzene rings is 1. The van der Waals surface area contributed by atoms with Crippen LogP contribution in [-0.2, 0) is 25.6 Å². The van der Waals surface area contributed by atoms with Gasteiger partial charge in [-0.1, -0.05) is 0 Å². The molecule has 1 fully saturated rings. The number of fused-ring (bicyclic) bond motifs is 3. The van der Waals surface area contributed by atoms with E-state index in [4.69, 9.17) is 5.73 Å². The number of aliphatic hydroxyl groups is 3. The van der Waals surface area contributed by atoms with Crippen LogP contribution in [0.2, 0.25) is 0 Å². The van der Waals surface area contributed by atoms with E-state index in [1.807, 2.05) is 20.8 Å². The molecular formula is C29H39N5O8. The first kappa shape index (κ1) is 31.0. The number of nitrogens with one attached hydrogen (secondary N) is 2. The number of aromatic hydroxyl groups is 1. The molecule has 0 bridgehead atoms. The van der Waals surface area contributed by atoms with Crippen molar-refractivity contribution in [3.63, 3.8) is 0 Å². The number of Topliss-reactive ketones (excluding diaryl/α,β-unsaturated/α-hetero) is 2. The van der Waals surface area contributed by atoms with E-state index in [-0.39, 0.29) is 41.7 Å². The molecule has 228 valence electrons. The van der Waals surface area contributed by atoms with Gasteiger partial charge < -0.3 is 41.7 Å². The first-order chi connectivity index (χ1) is 19.3. The van der Waals surface area contributed by atoms with E-state index in [1.165, 1.54) is 4.90 Å². The first-order valence-electron chi connectivity index (χ1n) is 13.6. The topological polar surface area (TPSA) is 206 Å². The van der Waals surface area contributed by atoms with E-state index in [2.05, 4.69) is 10.6 Å². The molecule has 0 spiro atoms. The van der Waals surface area contributed by atoms with Gasteiger partial charge in [0.15, 0.2) is 11.4 Å². The molecule has 1 saturated carbocycles. The van der Waals surface area contributed by atoms with Crippen LogP contribution in [-0.4, -0.2) is 101 Å². The van der Waals surface area contributed by atoms with E-state index in [9.17, 15) is 39.6 Å². The fourth-order valence-electron chi connectivity index (χ4n) is 6.33. The number of phenolic OH excluding ortho intramolecular Hbond substituents is 1. The number of anilines is 2. The van der Waals surface area contributed by atoms with Gasteiger partial charge in [-0.2, -0.15) is 0 Å². The minimum absolute atomic E-state index is 0.00158. The molecule has 0 aromatic heterocycles. The molecule has 0 aliphatic heterocycles. The molecule has 0 heterocycles. The van der Waals surface area contributed by atoms with Crippen LogP contribution in [0.15, 0.2) is 23.0 Å². The lowest BCUT2D eigenvalue weighted by molar-refractivity contribution is -0.153. The van der Waals surface area contributed by atoms with Crippen molar-refractivity contribution in [1.82, 2.24) is 10.2 Å². The molecule has 2 amide bonds. The number of likely N-dealkylation sites (N-methyl/N-ethyl adjacent to an activating group) is 1. The minimum atomic E-state index is -2.73. The van der Waals surface area contributed by atoms with Gasteiger partial charge in [0.25, 0.3) is 5.91 Å². The van der Waals surface area contributed by atoms with Crippen LogP contribution in [0.25, 0.3) is 5.76 Å². The fourth-order valence-corrected chi connectivity index (χ4v) is 6.33. The van der Waals surface area contributed by atoms with Crippen LogP contribution in [0.1, 0.15) is 38.3 Å². The summed E-state index contributed by atoms with van der Waals surface area (Å²) < 4.78 is 0. The number of carbonyl (C=O) groups is 4. The van der Waals surface area contributed by atoms with Gasteiger partial charge in [0, 0.05) is 36.8 Å². The van der Waals surface area contributed by atoms with Gasteiger partial charge in [-0.25, -0.2) is 0 Å². The Kier molecular flexibility index (Phi) is 7.68. The molecule has 8 N–H and O–H groups in total. The third-order valence-electron chi connectivity index (χ3n) is 8.23. The summed E-state index contributed by atoms with van der Waals surface area (Å²) in [5.41, 5.74) is 2.11. The highest BCUT2D eigenvalue weighted by Gasteiger charge is 2.64. The number of hydrogen-bond acceptors (Lipinski definition) is 11. The van der Waals surface area contributed by atoms with Crippen LogP contribution in [0.4, 0.5) is 11.4 Å². The zero-order valence-electron chi connectivity index (χ0n) is 24.8. The first-order valence-corrected chi connectivity index (χ1v) is 13.6. The highest BCUT2D eigenvalue weighted by Crippen LogP contribution is 2.54. The number of ketones is 2. The zero-order chi connectivity index (χ0) is 31.6. The molecule has 1 aromatic carbocycles. The quantitative estimate of drug-likeness (QED) is 0.179. The smallest absolute Gasteiger partial charge is 0.255 e.